The van der Waals surface area contributed by atoms with Gasteiger partial charge in [0, 0.05) is 5.56 Å². The molecule has 0 fully saturated rings. The minimum Gasteiger partial charge on any atom is -0.285 e. The number of para-hydroxylation sites is 1. The van der Waals surface area contributed by atoms with Gasteiger partial charge in [0.05, 0.1) is 5.69 Å². The second kappa shape index (κ2) is 2.82. The predicted octanol–water partition coefficient (Wildman–Crippen LogP) is 2.19. The average molecular weight is 214 g/mol. The number of nitrogens with one attached hydrogen (secondary N) is 1. The Balaban J connectivity index is 2.62. The number of halogens is 3. The van der Waals surface area contributed by atoms with Crippen LogP contribution in [0.15, 0.2) is 24.3 Å². The van der Waals surface area contributed by atoms with Crippen LogP contribution in [0.2, 0.25) is 0 Å². The maximum atomic E-state index is 12.5. The molecule has 0 amide bonds. The number of carbonyl (C=O) groups excluding carboxylic acids is 1. The Labute approximate surface area is 82.6 Å². The Morgan fingerprint density at radius 3 is 2.40 bits per heavy atom. The normalized spacial score (nSPS) is 15.8. The van der Waals surface area contributed by atoms with Crippen molar-refractivity contribution >= 4 is 17.3 Å². The monoisotopic (exact) mass is 214 g/mol. The van der Waals surface area contributed by atoms with E-state index in [1.54, 1.807) is 0 Å². The van der Waals surface area contributed by atoms with Gasteiger partial charge in [0.2, 0.25) is 5.78 Å². The van der Waals surface area contributed by atoms with E-state index in [2.05, 4.69) is 0 Å². The fraction of sp³-hybridized carbons (Fsp3) is 0.111. The topological polar surface area (TPSA) is 44.2 Å². The summed E-state index contributed by atoms with van der Waals surface area (Å²) in [6, 6.07) is 5.30. The van der Waals surface area contributed by atoms with Crippen LogP contribution < -0.4 is 4.90 Å². The molecule has 0 saturated heterocycles. The van der Waals surface area contributed by atoms with E-state index in [1.807, 2.05) is 0 Å². The number of ketones is 1. The summed E-state index contributed by atoms with van der Waals surface area (Å²) in [7, 11) is 0. The molecule has 2 rings (SSSR count). The summed E-state index contributed by atoms with van der Waals surface area (Å²) in [4.78, 5) is 11.1. The SMILES string of the molecule is N=C1C(=O)c2ccccc2N1C(F)(F)F. The van der Waals surface area contributed by atoms with Crippen LogP contribution >= 0.6 is 0 Å². The summed E-state index contributed by atoms with van der Waals surface area (Å²) < 4.78 is 37.5. The van der Waals surface area contributed by atoms with E-state index in [1.165, 1.54) is 24.3 Å². The van der Waals surface area contributed by atoms with Gasteiger partial charge in [-0.05, 0) is 12.1 Å². The van der Waals surface area contributed by atoms with Crippen molar-refractivity contribution in [2.24, 2.45) is 0 Å². The van der Waals surface area contributed by atoms with E-state index in [-0.39, 0.29) is 16.2 Å². The van der Waals surface area contributed by atoms with E-state index < -0.39 is 17.9 Å². The number of hydrogen-bond donors (Lipinski definition) is 1. The summed E-state index contributed by atoms with van der Waals surface area (Å²) in [6.07, 6.45) is -4.74. The lowest BCUT2D eigenvalue weighted by Crippen LogP contribution is -2.41. The number of benzene rings is 1. The molecule has 0 radical (unpaired) electrons. The van der Waals surface area contributed by atoms with E-state index in [9.17, 15) is 18.0 Å². The number of anilines is 1. The van der Waals surface area contributed by atoms with Crippen molar-refractivity contribution in [2.45, 2.75) is 6.30 Å². The number of rotatable bonds is 0. The van der Waals surface area contributed by atoms with Gasteiger partial charge in [-0.15, -0.1) is 13.2 Å². The van der Waals surface area contributed by atoms with Gasteiger partial charge in [-0.3, -0.25) is 10.2 Å². The first kappa shape index (κ1) is 9.70. The fourth-order valence-electron chi connectivity index (χ4n) is 1.47. The molecule has 78 valence electrons. The Morgan fingerprint density at radius 2 is 1.80 bits per heavy atom. The van der Waals surface area contributed by atoms with Gasteiger partial charge in [0.1, 0.15) is 0 Å². The second-order valence-electron chi connectivity index (χ2n) is 3.00. The molecule has 15 heavy (non-hydrogen) atoms. The van der Waals surface area contributed by atoms with Gasteiger partial charge in [-0.25, -0.2) is 4.90 Å². The molecule has 0 bridgehead atoms. The molecule has 0 unspecified atom stereocenters. The lowest BCUT2D eigenvalue weighted by Gasteiger charge is -2.20. The van der Waals surface area contributed by atoms with Crippen LogP contribution in [0, 0.1) is 5.41 Å². The number of amidine groups is 1. The van der Waals surface area contributed by atoms with Gasteiger partial charge < -0.3 is 0 Å². The van der Waals surface area contributed by atoms with Crippen molar-refractivity contribution in [1.29, 1.82) is 5.41 Å². The lowest BCUT2D eigenvalue weighted by molar-refractivity contribution is -0.118. The molecule has 1 heterocycles. The first-order valence-electron chi connectivity index (χ1n) is 4.02. The zero-order chi connectivity index (χ0) is 11.2. The van der Waals surface area contributed by atoms with Crippen LogP contribution in [0.25, 0.3) is 0 Å². The molecule has 1 N–H and O–H groups in total. The van der Waals surface area contributed by atoms with Crippen molar-refractivity contribution in [2.75, 3.05) is 4.90 Å². The number of nitrogens with zero attached hydrogens (tertiary/aromatic N) is 1. The van der Waals surface area contributed by atoms with E-state index in [4.69, 9.17) is 5.41 Å². The summed E-state index contributed by atoms with van der Waals surface area (Å²) in [5.74, 6) is -1.95. The van der Waals surface area contributed by atoms with E-state index in [0.29, 0.717) is 0 Å². The zero-order valence-electron chi connectivity index (χ0n) is 7.30. The quantitative estimate of drug-likeness (QED) is 0.672. The molecule has 0 atom stereocenters. The smallest absolute Gasteiger partial charge is 0.285 e. The van der Waals surface area contributed by atoms with Crippen LogP contribution in [-0.2, 0) is 0 Å². The molecule has 3 nitrogen and oxygen atoms in total. The molecular formula is C9H5F3N2O. The van der Waals surface area contributed by atoms with Crippen molar-refractivity contribution < 1.29 is 18.0 Å². The lowest BCUT2D eigenvalue weighted by atomic mass is 10.1. The highest BCUT2D eigenvalue weighted by molar-refractivity contribution is 6.53. The van der Waals surface area contributed by atoms with Gasteiger partial charge in [0.25, 0.3) is 0 Å². The van der Waals surface area contributed by atoms with Crippen molar-refractivity contribution in [3.8, 4) is 0 Å². The van der Waals surface area contributed by atoms with E-state index >= 15 is 0 Å². The van der Waals surface area contributed by atoms with Crippen LogP contribution in [-0.4, -0.2) is 17.9 Å². The Bertz CT molecular complexity index is 453. The maximum absolute atomic E-state index is 12.5. The number of fused-ring (bicyclic) bond motifs is 1. The molecular weight excluding hydrogens is 209 g/mol. The van der Waals surface area contributed by atoms with Crippen molar-refractivity contribution in [3.63, 3.8) is 0 Å². The molecule has 0 aliphatic carbocycles. The third kappa shape index (κ3) is 1.29. The van der Waals surface area contributed by atoms with Crippen molar-refractivity contribution in [3.05, 3.63) is 29.8 Å². The zero-order valence-corrected chi connectivity index (χ0v) is 7.30. The first-order valence-corrected chi connectivity index (χ1v) is 4.02. The molecule has 1 aromatic carbocycles. The van der Waals surface area contributed by atoms with Crippen LogP contribution in [0.5, 0.6) is 0 Å². The Morgan fingerprint density at radius 1 is 1.20 bits per heavy atom. The largest absolute Gasteiger partial charge is 0.490 e. The highest BCUT2D eigenvalue weighted by Crippen LogP contribution is 2.36. The van der Waals surface area contributed by atoms with Crippen LogP contribution in [0.1, 0.15) is 10.4 Å². The molecule has 1 aromatic rings. The molecule has 6 heteroatoms. The Kier molecular flexibility index (Phi) is 1.82. The highest BCUT2D eigenvalue weighted by Gasteiger charge is 2.48. The Hall–Kier alpha value is -1.85. The molecule has 1 aliphatic heterocycles. The minimum atomic E-state index is -4.74. The standard InChI is InChI=1S/C9H5F3N2O/c10-9(11,12)14-6-4-2-1-3-5(6)7(15)8(14)13/h1-4,13H. The third-order valence-electron chi connectivity index (χ3n) is 2.08. The van der Waals surface area contributed by atoms with E-state index in [0.717, 1.165) is 0 Å². The third-order valence-corrected chi connectivity index (χ3v) is 2.08. The number of carbonyl (C=O) groups is 1. The summed E-state index contributed by atoms with van der Waals surface area (Å²) >= 11 is 0. The number of alkyl halides is 3. The number of Topliss-reactive ketones (excluding diaryl/α,β-unsaturated/α-hetero) is 1. The van der Waals surface area contributed by atoms with Gasteiger partial charge in [-0.1, -0.05) is 12.1 Å². The molecule has 0 aromatic heterocycles. The van der Waals surface area contributed by atoms with Gasteiger partial charge >= 0.3 is 6.30 Å². The highest BCUT2D eigenvalue weighted by atomic mass is 19.4. The molecule has 1 aliphatic rings. The average Bonchev–Trinajstić information content (AvgIpc) is 2.39. The fourth-order valence-corrected chi connectivity index (χ4v) is 1.47. The first-order chi connectivity index (χ1) is 6.93. The molecule has 0 saturated carbocycles. The van der Waals surface area contributed by atoms with Crippen LogP contribution in [0.3, 0.4) is 0 Å². The van der Waals surface area contributed by atoms with Crippen molar-refractivity contribution in [1.82, 2.24) is 0 Å². The van der Waals surface area contributed by atoms with Gasteiger partial charge in [0.15, 0.2) is 5.84 Å². The minimum absolute atomic E-state index is 0.0835. The summed E-state index contributed by atoms with van der Waals surface area (Å²) in [5.41, 5.74) is -0.361. The second-order valence-corrected chi connectivity index (χ2v) is 3.00. The molecule has 0 spiro atoms. The maximum Gasteiger partial charge on any atom is 0.490 e. The summed E-state index contributed by atoms with van der Waals surface area (Å²) in [5, 5.41) is 7.11. The number of hydrogen-bond acceptors (Lipinski definition) is 2. The summed E-state index contributed by atoms with van der Waals surface area (Å²) in [6.45, 7) is 0. The van der Waals surface area contributed by atoms with Crippen LogP contribution in [0.4, 0.5) is 18.9 Å². The predicted molar refractivity (Wildman–Crippen MR) is 47.0 cm³/mol. The van der Waals surface area contributed by atoms with Gasteiger partial charge in [-0.2, -0.15) is 0 Å².